The van der Waals surface area contributed by atoms with Crippen LogP contribution in [0.3, 0.4) is 0 Å². The van der Waals surface area contributed by atoms with E-state index in [2.05, 4.69) is 5.32 Å². The van der Waals surface area contributed by atoms with Gasteiger partial charge in [-0.1, -0.05) is 71.7 Å². The van der Waals surface area contributed by atoms with Crippen molar-refractivity contribution in [2.45, 2.75) is 53.0 Å². The van der Waals surface area contributed by atoms with Crippen LogP contribution in [-0.4, -0.2) is 43.6 Å². The van der Waals surface area contributed by atoms with E-state index < -0.39 is 36.1 Å². The summed E-state index contributed by atoms with van der Waals surface area (Å²) in [6.07, 6.45) is 1.56. The van der Waals surface area contributed by atoms with Crippen LogP contribution in [0.1, 0.15) is 54.7 Å². The van der Waals surface area contributed by atoms with Crippen molar-refractivity contribution in [3.05, 3.63) is 99.0 Å². The predicted octanol–water partition coefficient (Wildman–Crippen LogP) is 6.19. The summed E-state index contributed by atoms with van der Waals surface area (Å²) in [4.78, 5) is 51.7. The molecule has 0 aliphatic heterocycles. The van der Waals surface area contributed by atoms with E-state index in [1.54, 1.807) is 38.8 Å². The zero-order valence-corrected chi connectivity index (χ0v) is 26.4. The lowest BCUT2D eigenvalue weighted by Crippen LogP contribution is -2.44. The number of aryl methyl sites for hydroxylation is 2. The fraction of sp³-hybridized carbons (Fsp3) is 0.333. The van der Waals surface area contributed by atoms with Crippen molar-refractivity contribution < 1.29 is 28.7 Å². The largest absolute Gasteiger partial charge is 0.427 e. The molecule has 0 bridgehead atoms. The molecule has 1 atom stereocenters. The molecule has 0 saturated carbocycles. The smallest absolute Gasteiger partial charge is 0.331 e. The van der Waals surface area contributed by atoms with E-state index in [0.717, 1.165) is 35.2 Å². The van der Waals surface area contributed by atoms with Crippen molar-refractivity contribution in [2.75, 3.05) is 18.7 Å². The summed E-state index contributed by atoms with van der Waals surface area (Å²) < 4.78 is 10.3. The Bertz CT molecular complexity index is 1450. The third-order valence-electron chi connectivity index (χ3n) is 6.75. The van der Waals surface area contributed by atoms with E-state index in [4.69, 9.17) is 32.7 Å². The summed E-state index contributed by atoms with van der Waals surface area (Å²) in [5, 5.41) is 2.94. The average molecular weight is 628 g/mol. The molecule has 0 spiro atoms. The van der Waals surface area contributed by atoms with E-state index >= 15 is 0 Å². The normalized spacial score (nSPS) is 11.8. The maximum Gasteiger partial charge on any atom is 0.331 e. The Morgan fingerprint density at radius 1 is 0.837 bits per heavy atom. The number of nitrogens with one attached hydrogen (secondary N) is 1. The monoisotopic (exact) mass is 626 g/mol. The highest BCUT2D eigenvalue weighted by Gasteiger charge is 2.27. The number of hydrogen-bond acceptors (Lipinski definition) is 6. The summed E-state index contributed by atoms with van der Waals surface area (Å²) in [5.74, 6) is -2.00. The van der Waals surface area contributed by atoms with Gasteiger partial charge in [0.25, 0.3) is 5.91 Å². The zero-order valence-electron chi connectivity index (χ0n) is 24.9. The maximum absolute atomic E-state index is 13.1. The number of amides is 2. The molecule has 10 heteroatoms. The number of anilines is 1. The summed E-state index contributed by atoms with van der Waals surface area (Å²) in [7, 11) is 1.75. The topological polar surface area (TPSA) is 102 Å². The van der Waals surface area contributed by atoms with Crippen LogP contribution in [-0.2, 0) is 43.1 Å². The molecular formula is C33H36Cl2N2O6. The van der Waals surface area contributed by atoms with Gasteiger partial charge in [0.15, 0.2) is 0 Å². The third-order valence-corrected chi connectivity index (χ3v) is 7.38. The van der Waals surface area contributed by atoms with Crippen LogP contribution in [0.25, 0.3) is 0 Å². The van der Waals surface area contributed by atoms with E-state index in [1.165, 1.54) is 19.1 Å². The second kappa shape index (κ2) is 15.0. The highest BCUT2D eigenvalue weighted by Crippen LogP contribution is 2.25. The van der Waals surface area contributed by atoms with Crippen LogP contribution < -0.4 is 10.2 Å². The number of para-hydroxylation sites is 1. The van der Waals surface area contributed by atoms with Crippen LogP contribution in [0.5, 0.6) is 0 Å². The molecule has 0 unspecified atom stereocenters. The number of halogens is 2. The van der Waals surface area contributed by atoms with E-state index in [1.807, 2.05) is 48.5 Å². The van der Waals surface area contributed by atoms with Crippen LogP contribution in [0.2, 0.25) is 10.0 Å². The summed E-state index contributed by atoms with van der Waals surface area (Å²) in [6, 6.07) is 19.0. The van der Waals surface area contributed by atoms with Gasteiger partial charge in [-0.3, -0.25) is 14.4 Å². The molecule has 8 nitrogen and oxygen atoms in total. The van der Waals surface area contributed by atoms with Gasteiger partial charge in [-0.15, -0.1) is 0 Å². The molecule has 0 radical (unpaired) electrons. The molecule has 0 fully saturated rings. The highest BCUT2D eigenvalue weighted by atomic mass is 35.5. The van der Waals surface area contributed by atoms with Gasteiger partial charge >= 0.3 is 11.9 Å². The van der Waals surface area contributed by atoms with Crippen molar-refractivity contribution in [2.24, 2.45) is 5.41 Å². The fourth-order valence-corrected chi connectivity index (χ4v) is 4.74. The number of nitrogens with zero attached hydrogens (tertiary/aromatic N) is 1. The first-order valence-corrected chi connectivity index (χ1v) is 14.5. The molecule has 3 aromatic rings. The Labute approximate surface area is 262 Å². The van der Waals surface area contributed by atoms with Crippen LogP contribution in [0, 0.1) is 5.41 Å². The lowest BCUT2D eigenvalue weighted by Gasteiger charge is -2.20. The van der Waals surface area contributed by atoms with Crippen molar-refractivity contribution in [3.63, 3.8) is 0 Å². The summed E-state index contributed by atoms with van der Waals surface area (Å²) >= 11 is 12.4. The molecule has 0 heterocycles. The molecule has 0 aliphatic carbocycles. The fourth-order valence-electron chi connectivity index (χ4n) is 4.17. The first-order valence-electron chi connectivity index (χ1n) is 13.8. The Balaban J connectivity index is 1.73. The molecule has 0 aliphatic rings. The van der Waals surface area contributed by atoms with E-state index in [-0.39, 0.29) is 27.9 Å². The maximum atomic E-state index is 13.1. The Kier molecular flexibility index (Phi) is 11.7. The van der Waals surface area contributed by atoms with Gasteiger partial charge in [0.2, 0.25) is 12.7 Å². The second-order valence-electron chi connectivity index (χ2n) is 11.1. The second-order valence-corrected chi connectivity index (χ2v) is 11.9. The molecule has 0 aromatic heterocycles. The first-order chi connectivity index (χ1) is 20.3. The molecule has 3 aromatic carbocycles. The molecule has 43 heavy (non-hydrogen) atoms. The van der Waals surface area contributed by atoms with Crippen molar-refractivity contribution in [3.8, 4) is 0 Å². The van der Waals surface area contributed by atoms with Crippen molar-refractivity contribution in [1.82, 2.24) is 5.32 Å². The van der Waals surface area contributed by atoms with Gasteiger partial charge in [0.05, 0.1) is 21.0 Å². The minimum atomic E-state index is -1.12. The number of carbonyl (C=O) groups is 4. The minimum Gasteiger partial charge on any atom is -0.427 e. The number of esters is 2. The van der Waals surface area contributed by atoms with Gasteiger partial charge in [-0.25, -0.2) is 4.79 Å². The standard InChI is InChI=1S/C33H36Cl2N2O6/c1-21(38)37(5)28-12-7-6-9-24(28)18-17-22-13-15-23(16-14-22)19-27(31(40)42-20-43-32(41)33(2,3)4)36-30(39)29-25(34)10-8-11-26(29)35/h6-16,27H,17-20H2,1-5H3,(H,36,39)/t27-/m0/s1. The van der Waals surface area contributed by atoms with Crippen LogP contribution in [0.15, 0.2) is 66.7 Å². The van der Waals surface area contributed by atoms with Crippen molar-refractivity contribution in [1.29, 1.82) is 0 Å². The lowest BCUT2D eigenvalue weighted by atomic mass is 9.98. The van der Waals surface area contributed by atoms with Gasteiger partial charge in [-0.2, -0.15) is 0 Å². The molecule has 228 valence electrons. The Morgan fingerprint density at radius 3 is 2.05 bits per heavy atom. The highest BCUT2D eigenvalue weighted by molar-refractivity contribution is 6.39. The van der Waals surface area contributed by atoms with E-state index in [0.29, 0.717) is 0 Å². The van der Waals surface area contributed by atoms with E-state index in [9.17, 15) is 19.2 Å². The molecule has 2 amide bonds. The first kappa shape index (κ1) is 33.6. The number of benzene rings is 3. The van der Waals surface area contributed by atoms with Gasteiger partial charge in [0.1, 0.15) is 6.04 Å². The Morgan fingerprint density at radius 2 is 1.44 bits per heavy atom. The van der Waals surface area contributed by atoms with Crippen LogP contribution in [0.4, 0.5) is 5.69 Å². The quantitative estimate of drug-likeness (QED) is 0.201. The molecular weight excluding hydrogens is 591 g/mol. The molecule has 0 saturated heterocycles. The Hall–Kier alpha value is -3.88. The molecule has 1 N–H and O–H groups in total. The van der Waals surface area contributed by atoms with Gasteiger partial charge < -0.3 is 19.7 Å². The number of rotatable bonds is 11. The number of hydrogen-bond donors (Lipinski definition) is 1. The zero-order chi connectivity index (χ0) is 31.7. The minimum absolute atomic E-state index is 0.0360. The summed E-state index contributed by atoms with van der Waals surface area (Å²) in [5.41, 5.74) is 3.02. The third kappa shape index (κ3) is 9.56. The van der Waals surface area contributed by atoms with Crippen molar-refractivity contribution >= 4 is 52.6 Å². The van der Waals surface area contributed by atoms with Gasteiger partial charge in [-0.05, 0) is 68.5 Å². The van der Waals surface area contributed by atoms with Gasteiger partial charge in [0, 0.05) is 26.1 Å². The SMILES string of the molecule is CC(=O)N(C)c1ccccc1CCc1ccc(C[C@H](NC(=O)c2c(Cl)cccc2Cl)C(=O)OCOC(=O)C(C)(C)C)cc1. The molecule has 3 rings (SSSR count). The number of ether oxygens (including phenoxy) is 2. The van der Waals surface area contributed by atoms with Crippen LogP contribution >= 0.6 is 23.2 Å². The average Bonchev–Trinajstić information content (AvgIpc) is 2.95. The summed E-state index contributed by atoms with van der Waals surface area (Å²) in [6.45, 7) is 5.98. The predicted molar refractivity (Wildman–Crippen MR) is 167 cm³/mol. The number of carbonyl (C=O) groups excluding carboxylic acids is 4. The lowest BCUT2D eigenvalue weighted by molar-refractivity contribution is -0.174.